The zero-order valence-corrected chi connectivity index (χ0v) is 13.5. The van der Waals surface area contributed by atoms with Crippen LogP contribution in [0.4, 0.5) is 0 Å². The summed E-state index contributed by atoms with van der Waals surface area (Å²) in [5.41, 5.74) is 0. The maximum atomic E-state index is 10.00. The molecule has 0 radical (unpaired) electrons. The number of aliphatic hydroxyl groups is 8. The van der Waals surface area contributed by atoms with Crippen molar-refractivity contribution in [2.75, 3.05) is 19.8 Å². The van der Waals surface area contributed by atoms with Crippen molar-refractivity contribution >= 4 is 0 Å². The van der Waals surface area contributed by atoms with E-state index >= 15 is 0 Å². The molecule has 2 fully saturated rings. The van der Waals surface area contributed by atoms with Gasteiger partial charge in [-0.3, -0.25) is 0 Å². The first-order chi connectivity index (χ1) is 10.8. The summed E-state index contributed by atoms with van der Waals surface area (Å²) in [6, 6.07) is 0. The van der Waals surface area contributed by atoms with Crippen molar-refractivity contribution in [2.45, 2.75) is 54.8 Å². The molecule has 2 saturated heterocycles. The van der Waals surface area contributed by atoms with Crippen molar-refractivity contribution in [2.24, 2.45) is 0 Å². The Hall–Kier alpha value is 0.0795. The summed E-state index contributed by atoms with van der Waals surface area (Å²) in [5.74, 6) is -2.22. The molecule has 0 bridgehead atoms. The van der Waals surface area contributed by atoms with Crippen molar-refractivity contribution in [3.05, 3.63) is 0 Å². The van der Waals surface area contributed by atoms with Gasteiger partial charge in [0.25, 0.3) is 0 Å². The second-order valence-electron chi connectivity index (χ2n) is 5.56. The summed E-state index contributed by atoms with van der Waals surface area (Å²) in [6.45, 7) is -2.32. The zero-order valence-electron chi connectivity index (χ0n) is 12.4. The third-order valence-corrected chi connectivity index (χ3v) is 4.07. The predicted molar refractivity (Wildman–Crippen MR) is 68.6 cm³/mol. The Bertz CT molecular complexity index is 399. The van der Waals surface area contributed by atoms with E-state index in [0.717, 1.165) is 0 Å². The van der Waals surface area contributed by atoms with Crippen LogP contribution in [0.1, 0.15) is 0 Å². The first-order valence-corrected chi connectivity index (χ1v) is 7.05. The molecular weight excluding hydrogens is 376 g/mol. The number of ether oxygens (including phenoxy) is 3. The van der Waals surface area contributed by atoms with E-state index in [1.54, 1.807) is 0 Å². The van der Waals surface area contributed by atoms with Crippen molar-refractivity contribution in [1.29, 1.82) is 0 Å². The molecule has 0 aromatic carbocycles. The van der Waals surface area contributed by atoms with Crippen molar-refractivity contribution < 1.29 is 72.1 Å². The minimum atomic E-state index is -2.22. The van der Waals surface area contributed by atoms with E-state index in [-0.39, 0.29) is 17.1 Å². The average Bonchev–Trinajstić information content (AvgIpc) is 2.80. The fourth-order valence-corrected chi connectivity index (χ4v) is 2.63. The van der Waals surface area contributed by atoms with Crippen LogP contribution in [0.15, 0.2) is 0 Å². The van der Waals surface area contributed by atoms with Gasteiger partial charge in [0.15, 0.2) is 6.29 Å². The summed E-state index contributed by atoms with van der Waals surface area (Å²) in [5, 5.41) is 76.7. The van der Waals surface area contributed by atoms with Crippen molar-refractivity contribution in [1.82, 2.24) is 0 Å². The van der Waals surface area contributed by atoms with Gasteiger partial charge in [0.1, 0.15) is 49.3 Å². The topological polar surface area (TPSA) is 190 Å². The average molecular weight is 398 g/mol. The molecule has 0 saturated carbocycles. The maximum absolute atomic E-state index is 10.00. The van der Waals surface area contributed by atoms with Gasteiger partial charge in [-0.15, -0.1) is 0 Å². The molecule has 2 aliphatic heterocycles. The summed E-state index contributed by atoms with van der Waals surface area (Å²) in [4.78, 5) is 0. The summed E-state index contributed by atoms with van der Waals surface area (Å²) >= 11 is 0. The number of aliphatic hydroxyl groups excluding tert-OH is 8. The van der Waals surface area contributed by atoms with Gasteiger partial charge in [0.2, 0.25) is 5.79 Å². The molecule has 8 N–H and O–H groups in total. The van der Waals surface area contributed by atoms with Crippen molar-refractivity contribution in [3.63, 3.8) is 0 Å². The molecule has 12 heteroatoms. The van der Waals surface area contributed by atoms with E-state index in [9.17, 15) is 30.6 Å². The smallest absolute Gasteiger partial charge is 0.224 e. The van der Waals surface area contributed by atoms with E-state index < -0.39 is 74.6 Å². The van der Waals surface area contributed by atoms with E-state index in [1.165, 1.54) is 0 Å². The van der Waals surface area contributed by atoms with Crippen LogP contribution >= 0.6 is 0 Å². The Balaban J connectivity index is 0.00000288. The molecule has 0 amide bonds. The van der Waals surface area contributed by atoms with Crippen LogP contribution in [0.25, 0.3) is 0 Å². The van der Waals surface area contributed by atoms with E-state index in [1.807, 2.05) is 0 Å². The number of rotatable bonds is 5. The molecule has 9 atom stereocenters. The quantitative estimate of drug-likeness (QED) is 0.206. The second kappa shape index (κ2) is 8.64. The van der Waals surface area contributed by atoms with E-state index in [4.69, 9.17) is 24.4 Å². The molecular formula is C12H22FeO11. The predicted octanol–water partition coefficient (Wildman–Crippen LogP) is -5.40. The molecule has 11 nitrogen and oxygen atoms in total. The van der Waals surface area contributed by atoms with Crippen LogP contribution in [-0.4, -0.2) is 115 Å². The zero-order chi connectivity index (χ0) is 17.4. The Morgan fingerprint density at radius 3 is 1.83 bits per heavy atom. The molecule has 24 heavy (non-hydrogen) atoms. The van der Waals surface area contributed by atoms with Gasteiger partial charge in [-0.05, 0) is 0 Å². The molecule has 0 spiro atoms. The van der Waals surface area contributed by atoms with Crippen LogP contribution in [0.5, 0.6) is 0 Å². The van der Waals surface area contributed by atoms with Gasteiger partial charge in [0.05, 0.1) is 13.2 Å². The minimum Gasteiger partial charge on any atom is -0.394 e. The van der Waals surface area contributed by atoms with Crippen LogP contribution in [0, 0.1) is 0 Å². The first-order valence-electron chi connectivity index (χ1n) is 7.05. The van der Waals surface area contributed by atoms with Crippen LogP contribution < -0.4 is 0 Å². The van der Waals surface area contributed by atoms with E-state index in [0.29, 0.717) is 0 Å². The van der Waals surface area contributed by atoms with Gasteiger partial charge in [-0.25, -0.2) is 0 Å². The van der Waals surface area contributed by atoms with E-state index in [2.05, 4.69) is 0 Å². The summed E-state index contributed by atoms with van der Waals surface area (Å²) < 4.78 is 15.4. The normalized spacial score (nSPS) is 49.0. The van der Waals surface area contributed by atoms with Crippen LogP contribution in [0.2, 0.25) is 0 Å². The molecule has 0 aliphatic carbocycles. The van der Waals surface area contributed by atoms with Gasteiger partial charge >= 0.3 is 0 Å². The second-order valence-corrected chi connectivity index (χ2v) is 5.56. The molecule has 8 unspecified atom stereocenters. The fourth-order valence-electron chi connectivity index (χ4n) is 2.63. The number of hydrogen-bond acceptors (Lipinski definition) is 11. The third-order valence-electron chi connectivity index (χ3n) is 4.07. The SMILES string of the molecule is OCC1OC(O[C@]2(CO)OC(CO)C(O)C2O)C(O)C(O)C1O.[Fe]. The van der Waals surface area contributed by atoms with Crippen LogP contribution in [-0.2, 0) is 31.3 Å². The summed E-state index contributed by atoms with van der Waals surface area (Å²) in [6.07, 6.45) is -12.7. The molecule has 2 aliphatic rings. The third kappa shape index (κ3) is 3.76. The Morgan fingerprint density at radius 1 is 0.792 bits per heavy atom. The molecule has 2 rings (SSSR count). The standard InChI is InChI=1S/C12H22O11.Fe/c13-1-4-6(16)8(18)9(19)11(21-4)23-12(3-15)10(20)7(17)5(2-14)22-12;/h4-11,13-20H,1-3H2;/t4?,5?,6?,7?,8?,9?,10?,11?,12-;/m0./s1. The fraction of sp³-hybridized carbons (Fsp3) is 1.00. The van der Waals surface area contributed by atoms with Gasteiger partial charge in [-0.1, -0.05) is 0 Å². The first kappa shape index (κ1) is 22.1. The summed E-state index contributed by atoms with van der Waals surface area (Å²) in [7, 11) is 0. The Kier molecular flexibility index (Phi) is 7.97. The molecule has 0 aromatic rings. The maximum Gasteiger partial charge on any atom is 0.224 e. The monoisotopic (exact) mass is 398 g/mol. The number of hydrogen-bond donors (Lipinski definition) is 8. The van der Waals surface area contributed by atoms with Crippen molar-refractivity contribution in [3.8, 4) is 0 Å². The molecule has 2 heterocycles. The van der Waals surface area contributed by atoms with Gasteiger partial charge in [0, 0.05) is 17.1 Å². The Labute approximate surface area is 147 Å². The van der Waals surface area contributed by atoms with Gasteiger partial charge in [-0.2, -0.15) is 0 Å². The Morgan fingerprint density at radius 2 is 1.38 bits per heavy atom. The molecule has 0 aromatic heterocycles. The van der Waals surface area contributed by atoms with Crippen LogP contribution in [0.3, 0.4) is 0 Å². The largest absolute Gasteiger partial charge is 0.394 e. The minimum absolute atomic E-state index is 0. The van der Waals surface area contributed by atoms with Gasteiger partial charge < -0.3 is 55.1 Å². The molecule has 144 valence electrons.